The van der Waals surface area contributed by atoms with E-state index in [-0.39, 0.29) is 10.6 Å². The Morgan fingerprint density at radius 3 is 2.70 bits per heavy atom. The molecule has 23 heavy (non-hydrogen) atoms. The molecule has 1 aromatic carbocycles. The molecule has 0 radical (unpaired) electrons. The number of nitrogens with zero attached hydrogens (tertiary/aromatic N) is 2. The fourth-order valence-electron chi connectivity index (χ4n) is 2.33. The van der Waals surface area contributed by atoms with E-state index in [1.54, 1.807) is 25.1 Å². The van der Waals surface area contributed by atoms with E-state index in [1.165, 1.54) is 17.4 Å². The van der Waals surface area contributed by atoms with Gasteiger partial charge in [0, 0.05) is 28.9 Å². The molecular formula is C16H18N2O4S. The van der Waals surface area contributed by atoms with E-state index in [4.69, 9.17) is 5.11 Å². The van der Waals surface area contributed by atoms with E-state index in [0.717, 1.165) is 9.75 Å². The van der Waals surface area contributed by atoms with E-state index in [1.807, 2.05) is 24.1 Å². The summed E-state index contributed by atoms with van der Waals surface area (Å²) in [5.41, 5.74) is 0.698. The van der Waals surface area contributed by atoms with Crippen molar-refractivity contribution in [2.45, 2.75) is 13.5 Å². The molecule has 2 aromatic rings. The zero-order valence-corrected chi connectivity index (χ0v) is 13.7. The predicted octanol–water partition coefficient (Wildman–Crippen LogP) is 3.48. The molecule has 0 aliphatic rings. The fraction of sp³-hybridized carbons (Fsp3) is 0.312. The predicted molar refractivity (Wildman–Crippen MR) is 89.5 cm³/mol. The van der Waals surface area contributed by atoms with Gasteiger partial charge in [0.05, 0.1) is 16.4 Å². The lowest BCUT2D eigenvalue weighted by Crippen LogP contribution is -2.27. The van der Waals surface area contributed by atoms with Gasteiger partial charge in [0.2, 0.25) is 0 Å². The first-order valence-corrected chi connectivity index (χ1v) is 7.94. The molecule has 0 spiro atoms. The zero-order valence-electron chi connectivity index (χ0n) is 12.9. The molecule has 1 N–H and O–H groups in total. The number of carbonyl (C=O) groups is 1. The number of thiophene rings is 1. The Labute approximate surface area is 138 Å². The Hall–Kier alpha value is -2.25. The second-order valence-electron chi connectivity index (χ2n) is 5.48. The Balaban J connectivity index is 2.12. The van der Waals surface area contributed by atoms with Gasteiger partial charge in [-0.25, -0.2) is 0 Å². The summed E-state index contributed by atoms with van der Waals surface area (Å²) >= 11 is 1.49. The van der Waals surface area contributed by atoms with Crippen molar-refractivity contribution in [3.05, 3.63) is 51.4 Å². The van der Waals surface area contributed by atoms with Crippen LogP contribution in [-0.4, -0.2) is 34.5 Å². The quantitative estimate of drug-likeness (QED) is 0.619. The maximum atomic E-state index is 11.1. The van der Waals surface area contributed by atoms with Crippen molar-refractivity contribution in [2.75, 3.05) is 13.6 Å². The van der Waals surface area contributed by atoms with Crippen molar-refractivity contribution in [3.63, 3.8) is 0 Å². The topological polar surface area (TPSA) is 83.7 Å². The number of hydrogen-bond donors (Lipinski definition) is 1. The number of para-hydroxylation sites is 1. The van der Waals surface area contributed by atoms with Gasteiger partial charge >= 0.3 is 5.97 Å². The van der Waals surface area contributed by atoms with Crippen molar-refractivity contribution in [2.24, 2.45) is 5.92 Å². The molecule has 0 saturated carbocycles. The lowest BCUT2D eigenvalue weighted by Gasteiger charge is -2.17. The lowest BCUT2D eigenvalue weighted by molar-refractivity contribution is -0.384. The van der Waals surface area contributed by atoms with Crippen LogP contribution in [0.4, 0.5) is 5.69 Å². The second kappa shape index (κ2) is 7.34. The molecule has 0 saturated heterocycles. The monoisotopic (exact) mass is 334 g/mol. The molecule has 1 aromatic heterocycles. The largest absolute Gasteiger partial charge is 0.481 e. The van der Waals surface area contributed by atoms with Crippen molar-refractivity contribution in [3.8, 4) is 10.4 Å². The molecule has 0 aliphatic carbocycles. The van der Waals surface area contributed by atoms with Gasteiger partial charge in [0.25, 0.3) is 5.69 Å². The smallest absolute Gasteiger partial charge is 0.307 e. The van der Waals surface area contributed by atoms with Crippen molar-refractivity contribution in [1.29, 1.82) is 0 Å². The number of nitro groups is 1. The molecule has 6 nitrogen and oxygen atoms in total. The number of hydrogen-bond acceptors (Lipinski definition) is 5. The van der Waals surface area contributed by atoms with E-state index in [9.17, 15) is 14.9 Å². The number of carboxylic acids is 1. The molecule has 1 heterocycles. The Morgan fingerprint density at radius 2 is 2.04 bits per heavy atom. The third kappa shape index (κ3) is 4.37. The van der Waals surface area contributed by atoms with Crippen LogP contribution in [0.25, 0.3) is 10.4 Å². The van der Waals surface area contributed by atoms with Gasteiger partial charge in [-0.05, 0) is 25.2 Å². The van der Waals surface area contributed by atoms with Gasteiger partial charge in [0.15, 0.2) is 0 Å². The molecule has 0 amide bonds. The Morgan fingerprint density at radius 1 is 1.35 bits per heavy atom. The van der Waals surface area contributed by atoms with E-state index in [2.05, 4.69) is 0 Å². The Bertz CT molecular complexity index is 714. The molecule has 122 valence electrons. The molecule has 0 bridgehead atoms. The van der Waals surface area contributed by atoms with E-state index < -0.39 is 11.9 Å². The van der Waals surface area contributed by atoms with Crippen LogP contribution in [0.1, 0.15) is 11.8 Å². The van der Waals surface area contributed by atoms with Gasteiger partial charge < -0.3 is 10.0 Å². The van der Waals surface area contributed by atoms with Crippen LogP contribution < -0.4 is 0 Å². The number of nitro benzene ring substituents is 1. The normalized spacial score (nSPS) is 12.3. The molecule has 2 rings (SSSR count). The maximum Gasteiger partial charge on any atom is 0.307 e. The highest BCUT2D eigenvalue weighted by Crippen LogP contribution is 2.34. The highest BCUT2D eigenvalue weighted by molar-refractivity contribution is 7.15. The minimum absolute atomic E-state index is 0.0914. The van der Waals surface area contributed by atoms with Crippen LogP contribution in [0, 0.1) is 16.0 Å². The SMILES string of the molecule is CC(CN(C)Cc1ccc(-c2ccccc2[N+](=O)[O-])s1)C(=O)O. The van der Waals surface area contributed by atoms with Crippen LogP contribution in [-0.2, 0) is 11.3 Å². The summed E-state index contributed by atoms with van der Waals surface area (Å²) in [6.07, 6.45) is 0. The van der Waals surface area contributed by atoms with Crippen molar-refractivity contribution in [1.82, 2.24) is 4.90 Å². The highest BCUT2D eigenvalue weighted by atomic mass is 32.1. The summed E-state index contributed by atoms with van der Waals surface area (Å²) < 4.78 is 0. The fourth-order valence-corrected chi connectivity index (χ4v) is 3.45. The summed E-state index contributed by atoms with van der Waals surface area (Å²) in [6.45, 7) is 2.74. The number of carboxylic acid groups (broad SMARTS) is 1. The van der Waals surface area contributed by atoms with Gasteiger partial charge in [-0.3, -0.25) is 14.9 Å². The number of benzene rings is 1. The van der Waals surface area contributed by atoms with Crippen molar-refractivity contribution < 1.29 is 14.8 Å². The molecule has 0 fully saturated rings. The van der Waals surface area contributed by atoms with Crippen LogP contribution in [0.3, 0.4) is 0 Å². The average molecular weight is 334 g/mol. The van der Waals surface area contributed by atoms with Gasteiger partial charge in [0.1, 0.15) is 0 Å². The third-order valence-electron chi connectivity index (χ3n) is 3.46. The van der Waals surface area contributed by atoms with Gasteiger partial charge in [-0.1, -0.05) is 19.1 Å². The maximum absolute atomic E-state index is 11.1. The first kappa shape index (κ1) is 17.1. The first-order valence-electron chi connectivity index (χ1n) is 7.12. The molecule has 7 heteroatoms. The second-order valence-corrected chi connectivity index (χ2v) is 6.64. The summed E-state index contributed by atoms with van der Waals surface area (Å²) in [6, 6.07) is 10.5. The summed E-state index contributed by atoms with van der Waals surface area (Å²) in [7, 11) is 1.86. The molecule has 1 atom stereocenters. The van der Waals surface area contributed by atoms with Gasteiger partial charge in [-0.2, -0.15) is 0 Å². The van der Waals surface area contributed by atoms with Crippen molar-refractivity contribution >= 4 is 23.0 Å². The molecular weight excluding hydrogens is 316 g/mol. The Kier molecular flexibility index (Phi) is 5.46. The van der Waals surface area contributed by atoms with Crippen LogP contribution in [0.15, 0.2) is 36.4 Å². The molecule has 1 unspecified atom stereocenters. The minimum Gasteiger partial charge on any atom is -0.481 e. The van der Waals surface area contributed by atoms with E-state index >= 15 is 0 Å². The first-order chi connectivity index (χ1) is 10.9. The average Bonchev–Trinajstić information content (AvgIpc) is 2.95. The number of rotatable bonds is 7. The van der Waals surface area contributed by atoms with Crippen LogP contribution >= 0.6 is 11.3 Å². The lowest BCUT2D eigenvalue weighted by atomic mass is 10.1. The van der Waals surface area contributed by atoms with Crippen LogP contribution in [0.2, 0.25) is 0 Å². The highest BCUT2D eigenvalue weighted by Gasteiger charge is 2.17. The number of aliphatic carboxylic acids is 1. The zero-order chi connectivity index (χ0) is 17.0. The minimum atomic E-state index is -0.816. The standard InChI is InChI=1S/C16H18N2O4S/c1-11(16(19)20)9-17(2)10-12-7-8-15(23-12)13-5-3-4-6-14(13)18(21)22/h3-8,11H,9-10H2,1-2H3,(H,19,20). The summed E-state index contributed by atoms with van der Waals surface area (Å²) in [4.78, 5) is 25.4. The van der Waals surface area contributed by atoms with Gasteiger partial charge in [-0.15, -0.1) is 11.3 Å². The van der Waals surface area contributed by atoms with Crippen LogP contribution in [0.5, 0.6) is 0 Å². The molecule has 0 aliphatic heterocycles. The summed E-state index contributed by atoms with van der Waals surface area (Å²) in [5.74, 6) is -1.25. The third-order valence-corrected chi connectivity index (χ3v) is 4.56. The van der Waals surface area contributed by atoms with E-state index in [0.29, 0.717) is 18.7 Å². The summed E-state index contributed by atoms with van der Waals surface area (Å²) in [5, 5.41) is 20.1.